The summed E-state index contributed by atoms with van der Waals surface area (Å²) in [5.74, 6) is -2.19. The van der Waals surface area contributed by atoms with Gasteiger partial charge in [0.2, 0.25) is 15.9 Å². The fourth-order valence-corrected chi connectivity index (χ4v) is 4.27. The number of carbonyl (C=O) groups excluding carboxylic acids is 1. The Kier molecular flexibility index (Phi) is 10.3. The zero-order valence-electron chi connectivity index (χ0n) is 18.1. The van der Waals surface area contributed by atoms with Crippen LogP contribution in [0.2, 0.25) is 0 Å². The van der Waals surface area contributed by atoms with E-state index in [0.29, 0.717) is 6.42 Å². The van der Waals surface area contributed by atoms with Crippen LogP contribution in [0.15, 0.2) is 48.5 Å². The molecule has 33 heavy (non-hydrogen) atoms. The average molecular weight is 485 g/mol. The van der Waals surface area contributed by atoms with Crippen LogP contribution in [0.4, 0.5) is 8.78 Å². The number of amides is 1. The summed E-state index contributed by atoms with van der Waals surface area (Å²) in [5, 5.41) is 12.5. The van der Waals surface area contributed by atoms with Crippen LogP contribution in [0.25, 0.3) is 0 Å². The molecule has 1 amide bonds. The van der Waals surface area contributed by atoms with Crippen LogP contribution in [-0.2, 0) is 27.7 Å². The van der Waals surface area contributed by atoms with E-state index in [0.717, 1.165) is 23.8 Å². The quantitative estimate of drug-likeness (QED) is 0.257. The minimum absolute atomic E-state index is 0.0232. The Bertz CT molecular complexity index is 1010. The number of benzene rings is 2. The number of carbonyl (C=O) groups is 1. The SMILES string of the molecule is NC(CNS(=O)(=O)CCCNC(=O)[C@@H](O)[C@H](N)Cc1ccccc1)Cc1cc(F)ccc1F. The number of hydrogen-bond acceptors (Lipinski definition) is 6. The standard InChI is InChI=1S/C22H30F2N4O4S/c23-17-7-8-19(24)16(12-17)13-18(25)14-28-33(31,32)10-4-9-27-22(30)21(29)20(26)11-15-5-2-1-3-6-15/h1-3,5-8,12,18,20-21,28-29H,4,9-11,13-14,25-26H2,(H,27,30)/t18?,20-,21+/m1/s1. The van der Waals surface area contributed by atoms with Gasteiger partial charge in [-0.2, -0.15) is 0 Å². The van der Waals surface area contributed by atoms with Crippen LogP contribution < -0.4 is 21.5 Å². The summed E-state index contributed by atoms with van der Waals surface area (Å²) in [6.45, 7) is -0.132. The molecule has 3 atom stereocenters. The first-order chi connectivity index (χ1) is 15.6. The Balaban J connectivity index is 1.68. The third-order valence-corrected chi connectivity index (χ3v) is 6.37. The molecule has 2 aromatic rings. The number of hydrogen-bond donors (Lipinski definition) is 5. The van der Waals surface area contributed by atoms with Crippen molar-refractivity contribution in [3.63, 3.8) is 0 Å². The smallest absolute Gasteiger partial charge is 0.250 e. The van der Waals surface area contributed by atoms with E-state index in [1.165, 1.54) is 0 Å². The molecule has 182 valence electrons. The number of rotatable bonds is 13. The average Bonchev–Trinajstić information content (AvgIpc) is 2.78. The molecule has 0 saturated carbocycles. The molecule has 7 N–H and O–H groups in total. The highest BCUT2D eigenvalue weighted by Crippen LogP contribution is 2.11. The highest BCUT2D eigenvalue weighted by atomic mass is 32.2. The van der Waals surface area contributed by atoms with Gasteiger partial charge >= 0.3 is 0 Å². The molecule has 0 fully saturated rings. The second-order valence-electron chi connectivity index (χ2n) is 7.81. The van der Waals surface area contributed by atoms with Crippen LogP contribution in [0.1, 0.15) is 17.5 Å². The summed E-state index contributed by atoms with van der Waals surface area (Å²) in [6.07, 6.45) is -1.06. The van der Waals surface area contributed by atoms with Crippen LogP contribution >= 0.6 is 0 Å². The lowest BCUT2D eigenvalue weighted by Gasteiger charge is -2.18. The van der Waals surface area contributed by atoms with Crippen molar-refractivity contribution in [2.24, 2.45) is 11.5 Å². The minimum Gasteiger partial charge on any atom is -0.382 e. The Morgan fingerprint density at radius 1 is 1.06 bits per heavy atom. The Morgan fingerprint density at radius 2 is 1.76 bits per heavy atom. The highest BCUT2D eigenvalue weighted by Gasteiger charge is 2.23. The summed E-state index contributed by atoms with van der Waals surface area (Å²) in [5.41, 5.74) is 12.7. The van der Waals surface area contributed by atoms with Gasteiger partial charge in [0.1, 0.15) is 17.7 Å². The first-order valence-corrected chi connectivity index (χ1v) is 12.1. The molecule has 1 unspecified atom stereocenters. The van der Waals surface area contributed by atoms with Crippen molar-refractivity contribution in [3.05, 3.63) is 71.3 Å². The van der Waals surface area contributed by atoms with Gasteiger partial charge in [-0.3, -0.25) is 4.79 Å². The fraction of sp³-hybridized carbons (Fsp3) is 0.409. The van der Waals surface area contributed by atoms with Crippen molar-refractivity contribution in [1.29, 1.82) is 0 Å². The lowest BCUT2D eigenvalue weighted by molar-refractivity contribution is -0.130. The predicted octanol–water partition coefficient (Wildman–Crippen LogP) is 0.191. The summed E-state index contributed by atoms with van der Waals surface area (Å²) < 4.78 is 53.4. The third kappa shape index (κ3) is 9.52. The summed E-state index contributed by atoms with van der Waals surface area (Å²) in [6, 6.07) is 10.6. The maximum Gasteiger partial charge on any atom is 0.250 e. The first kappa shape index (κ1) is 26.8. The number of aliphatic hydroxyl groups excluding tert-OH is 1. The zero-order chi connectivity index (χ0) is 24.4. The molecule has 0 saturated heterocycles. The van der Waals surface area contributed by atoms with E-state index >= 15 is 0 Å². The predicted molar refractivity (Wildman–Crippen MR) is 122 cm³/mol. The van der Waals surface area contributed by atoms with E-state index in [2.05, 4.69) is 10.0 Å². The molecule has 11 heteroatoms. The highest BCUT2D eigenvalue weighted by molar-refractivity contribution is 7.89. The summed E-state index contributed by atoms with van der Waals surface area (Å²) in [7, 11) is -3.70. The van der Waals surface area contributed by atoms with Gasteiger partial charge in [0.15, 0.2) is 0 Å². The topological polar surface area (TPSA) is 148 Å². The molecule has 2 rings (SSSR count). The normalized spacial score (nSPS) is 14.5. The van der Waals surface area contributed by atoms with Crippen molar-refractivity contribution in [2.45, 2.75) is 37.5 Å². The monoisotopic (exact) mass is 484 g/mol. The van der Waals surface area contributed by atoms with E-state index in [4.69, 9.17) is 11.5 Å². The van der Waals surface area contributed by atoms with Crippen molar-refractivity contribution >= 4 is 15.9 Å². The number of nitrogens with two attached hydrogens (primary N) is 2. The largest absolute Gasteiger partial charge is 0.382 e. The van der Waals surface area contributed by atoms with E-state index in [1.54, 1.807) is 0 Å². The van der Waals surface area contributed by atoms with Crippen LogP contribution in [-0.4, -0.2) is 56.5 Å². The third-order valence-electron chi connectivity index (χ3n) is 4.93. The van der Waals surface area contributed by atoms with E-state index in [9.17, 15) is 27.1 Å². The van der Waals surface area contributed by atoms with Gasteiger partial charge in [-0.05, 0) is 48.6 Å². The number of halogens is 2. The van der Waals surface area contributed by atoms with E-state index in [-0.39, 0.29) is 37.2 Å². The first-order valence-electron chi connectivity index (χ1n) is 10.5. The Morgan fingerprint density at radius 3 is 2.45 bits per heavy atom. The molecule has 0 heterocycles. The molecule has 0 aliphatic rings. The summed E-state index contributed by atoms with van der Waals surface area (Å²) in [4.78, 5) is 12.1. The van der Waals surface area contributed by atoms with Crippen molar-refractivity contribution in [3.8, 4) is 0 Å². The molecule has 2 aromatic carbocycles. The van der Waals surface area contributed by atoms with E-state index in [1.807, 2.05) is 30.3 Å². The van der Waals surface area contributed by atoms with Crippen LogP contribution in [0.3, 0.4) is 0 Å². The summed E-state index contributed by atoms with van der Waals surface area (Å²) >= 11 is 0. The molecule has 0 aliphatic heterocycles. The second kappa shape index (κ2) is 12.7. The molecule has 0 radical (unpaired) electrons. The number of sulfonamides is 1. The molecular formula is C22H30F2N4O4S. The lowest BCUT2D eigenvalue weighted by Crippen LogP contribution is -2.47. The lowest BCUT2D eigenvalue weighted by atomic mass is 10.0. The van der Waals surface area contributed by atoms with Gasteiger partial charge in [0.05, 0.1) is 5.75 Å². The molecule has 0 bridgehead atoms. The maximum atomic E-state index is 13.7. The van der Waals surface area contributed by atoms with Gasteiger partial charge in [0, 0.05) is 25.2 Å². The van der Waals surface area contributed by atoms with Crippen molar-refractivity contribution < 1.29 is 27.1 Å². The van der Waals surface area contributed by atoms with Gasteiger partial charge < -0.3 is 21.9 Å². The molecule has 8 nitrogen and oxygen atoms in total. The number of nitrogens with one attached hydrogen (secondary N) is 2. The Hall–Kier alpha value is -2.44. The minimum atomic E-state index is -3.70. The maximum absolute atomic E-state index is 13.7. The van der Waals surface area contributed by atoms with Gasteiger partial charge in [0.25, 0.3) is 0 Å². The number of aliphatic hydroxyl groups is 1. The van der Waals surface area contributed by atoms with Crippen molar-refractivity contribution in [1.82, 2.24) is 10.0 Å². The van der Waals surface area contributed by atoms with E-state index < -0.39 is 45.8 Å². The molecule has 0 aliphatic carbocycles. The Labute approximate surface area is 192 Å². The van der Waals surface area contributed by atoms with Crippen molar-refractivity contribution in [2.75, 3.05) is 18.8 Å². The molecule has 0 spiro atoms. The van der Waals surface area contributed by atoms with Crippen LogP contribution in [0, 0.1) is 11.6 Å². The van der Waals surface area contributed by atoms with Gasteiger partial charge in [-0.15, -0.1) is 0 Å². The van der Waals surface area contributed by atoms with Gasteiger partial charge in [-0.1, -0.05) is 30.3 Å². The fourth-order valence-electron chi connectivity index (χ4n) is 3.13. The van der Waals surface area contributed by atoms with Crippen LogP contribution in [0.5, 0.6) is 0 Å². The van der Waals surface area contributed by atoms with Gasteiger partial charge in [-0.25, -0.2) is 21.9 Å². The zero-order valence-corrected chi connectivity index (χ0v) is 18.9. The molecule has 0 aromatic heterocycles. The molecular weight excluding hydrogens is 454 g/mol. The second-order valence-corrected chi connectivity index (χ2v) is 9.74.